The molecule has 0 radical (unpaired) electrons. The Morgan fingerprint density at radius 1 is 1.50 bits per heavy atom. The van der Waals surface area contributed by atoms with Crippen molar-refractivity contribution < 1.29 is 4.57 Å². The van der Waals surface area contributed by atoms with Crippen molar-refractivity contribution in [2.75, 3.05) is 0 Å². The number of rotatable bonds is 3. The quantitative estimate of drug-likeness (QED) is 0.424. The van der Waals surface area contributed by atoms with Gasteiger partial charge in [0.25, 0.3) is 0 Å². The van der Waals surface area contributed by atoms with Crippen molar-refractivity contribution in [3.63, 3.8) is 0 Å². The van der Waals surface area contributed by atoms with Crippen LogP contribution in [0.25, 0.3) is 0 Å². The maximum atomic E-state index is 9.75. The molecule has 0 rings (SSSR count). The van der Waals surface area contributed by atoms with Crippen molar-refractivity contribution in [1.82, 2.24) is 0 Å². The molecule has 0 aromatic rings. The van der Waals surface area contributed by atoms with Crippen molar-refractivity contribution in [1.29, 1.82) is 0 Å². The van der Waals surface area contributed by atoms with E-state index >= 15 is 0 Å². The Hall–Kier alpha value is 0.01000. The summed E-state index contributed by atoms with van der Waals surface area (Å²) in [6.07, 6.45) is 4.45. The molecule has 8 heavy (non-hydrogen) atoms. The van der Waals surface area contributed by atoms with Crippen molar-refractivity contribution in [2.24, 2.45) is 0 Å². The Morgan fingerprint density at radius 3 is 2.75 bits per heavy atom. The second-order valence-electron chi connectivity index (χ2n) is 1.71. The van der Waals surface area contributed by atoms with Crippen LogP contribution in [0.5, 0.6) is 0 Å². The van der Waals surface area contributed by atoms with Crippen LogP contribution >= 0.6 is 7.92 Å². The Balaban J connectivity index is 2.90. The van der Waals surface area contributed by atoms with Crippen LogP contribution in [-0.4, -0.2) is 0 Å². The van der Waals surface area contributed by atoms with E-state index in [0.717, 1.165) is 12.8 Å². The molecule has 1 nitrogen and oxygen atoms in total. The Labute approximate surface area is 51.6 Å². The van der Waals surface area contributed by atoms with Crippen LogP contribution in [0, 0.1) is 5.63 Å². The van der Waals surface area contributed by atoms with Gasteiger partial charge in [-0.15, -0.1) is 0 Å². The summed E-state index contributed by atoms with van der Waals surface area (Å²) >= 11 is 0. The van der Waals surface area contributed by atoms with Gasteiger partial charge in [0.2, 0.25) is 0 Å². The maximum absolute atomic E-state index is 9.75. The van der Waals surface area contributed by atoms with Crippen LogP contribution < -0.4 is 0 Å². The molecule has 0 aliphatic heterocycles. The van der Waals surface area contributed by atoms with Gasteiger partial charge >= 0.3 is 50.7 Å². The number of hydrogen-bond acceptors (Lipinski definition) is 1. The summed E-state index contributed by atoms with van der Waals surface area (Å²) in [7, 11) is 0.0606. The van der Waals surface area contributed by atoms with E-state index < -0.39 is 0 Å². The van der Waals surface area contributed by atoms with Gasteiger partial charge in [-0.1, -0.05) is 0 Å². The summed E-state index contributed by atoms with van der Waals surface area (Å²) in [5.41, 5.74) is 2.70. The van der Waals surface area contributed by atoms with E-state index in [1.165, 1.54) is 12.8 Å². The van der Waals surface area contributed by atoms with E-state index in [-0.39, 0.29) is 7.92 Å². The van der Waals surface area contributed by atoms with Gasteiger partial charge in [-0.3, -0.25) is 0 Å². The van der Waals surface area contributed by atoms with Gasteiger partial charge in [0, 0.05) is 0 Å². The van der Waals surface area contributed by atoms with Crippen LogP contribution in [-0.2, 0) is 4.57 Å². The van der Waals surface area contributed by atoms with Gasteiger partial charge in [0.15, 0.2) is 0 Å². The van der Waals surface area contributed by atoms with Crippen molar-refractivity contribution in [3.8, 4) is 5.63 Å². The Bertz CT molecular complexity index is 122. The van der Waals surface area contributed by atoms with Gasteiger partial charge in [0.1, 0.15) is 0 Å². The fraction of sp³-hybridized carbons (Fsp3) is 0.833. The van der Waals surface area contributed by atoms with Gasteiger partial charge in [0.05, 0.1) is 0 Å². The molecule has 0 spiro atoms. The molecule has 0 saturated carbocycles. The molecular weight excluding hydrogens is 119 g/mol. The van der Waals surface area contributed by atoms with Crippen LogP contribution in [0.3, 0.4) is 0 Å². The summed E-state index contributed by atoms with van der Waals surface area (Å²) in [6, 6.07) is 0. The molecule has 0 heterocycles. The zero-order chi connectivity index (χ0) is 6.24. The monoisotopic (exact) mass is 130 g/mol. The van der Waals surface area contributed by atoms with E-state index in [9.17, 15) is 4.57 Å². The molecule has 0 unspecified atom stereocenters. The molecule has 0 aliphatic carbocycles. The van der Waals surface area contributed by atoms with Crippen molar-refractivity contribution in [2.45, 2.75) is 32.6 Å². The van der Waals surface area contributed by atoms with Crippen molar-refractivity contribution in [3.05, 3.63) is 0 Å². The molecule has 2 heteroatoms. The first-order valence-electron chi connectivity index (χ1n) is 2.97. The predicted molar refractivity (Wildman–Crippen MR) is 35.6 cm³/mol. The molecule has 0 bridgehead atoms. The second kappa shape index (κ2) is 7.01. The fourth-order valence-corrected chi connectivity index (χ4v) is 0.749. The molecule has 0 aromatic carbocycles. The third-order valence-corrected chi connectivity index (χ3v) is 1.31. The molecular formula is C6H11OP. The van der Waals surface area contributed by atoms with Crippen molar-refractivity contribution >= 4 is 7.92 Å². The van der Waals surface area contributed by atoms with Crippen LogP contribution in [0.1, 0.15) is 32.6 Å². The van der Waals surface area contributed by atoms with Gasteiger partial charge < -0.3 is 0 Å². The minimum absolute atomic E-state index is 0.0606. The van der Waals surface area contributed by atoms with E-state index in [2.05, 4.69) is 12.6 Å². The standard InChI is InChI=1S/C6H11OP/c1-2-3-4-5-6-8-7/h2-5H2,1H3. The molecule has 0 N–H and O–H groups in total. The first kappa shape index (κ1) is 8.01. The predicted octanol–water partition coefficient (Wildman–Crippen LogP) is 2.82. The average Bonchev–Trinajstić information content (AvgIpc) is 1.81. The first-order chi connectivity index (χ1) is 3.91. The van der Waals surface area contributed by atoms with E-state index in [4.69, 9.17) is 0 Å². The Morgan fingerprint density at radius 2 is 2.25 bits per heavy atom. The van der Waals surface area contributed by atoms with E-state index in [0.29, 0.717) is 0 Å². The average molecular weight is 130 g/mol. The summed E-state index contributed by atoms with van der Waals surface area (Å²) in [5.74, 6) is 0. The second-order valence-corrected chi connectivity index (χ2v) is 2.21. The van der Waals surface area contributed by atoms with E-state index in [1.807, 2.05) is 0 Å². The van der Waals surface area contributed by atoms with Crippen LogP contribution in [0.2, 0.25) is 0 Å². The molecule has 0 fully saturated rings. The molecule has 46 valence electrons. The Kier molecular flexibility index (Phi) is 7.02. The SMILES string of the molecule is CCCCCC#P=O. The third-order valence-electron chi connectivity index (χ3n) is 0.957. The normalized spacial score (nSPS) is 8.12. The van der Waals surface area contributed by atoms with Gasteiger partial charge in [-0.05, 0) is 0 Å². The molecule has 0 aromatic heterocycles. The zero-order valence-corrected chi connectivity index (χ0v) is 6.08. The number of hydrogen-bond donors (Lipinski definition) is 0. The third kappa shape index (κ3) is 6.01. The summed E-state index contributed by atoms with van der Waals surface area (Å²) < 4.78 is 9.75. The van der Waals surface area contributed by atoms with E-state index in [1.54, 1.807) is 0 Å². The van der Waals surface area contributed by atoms with Crippen LogP contribution in [0.15, 0.2) is 0 Å². The molecule has 0 atom stereocenters. The minimum atomic E-state index is 0.0606. The summed E-state index contributed by atoms with van der Waals surface area (Å²) in [6.45, 7) is 2.15. The molecule has 0 saturated heterocycles. The zero-order valence-electron chi connectivity index (χ0n) is 5.18. The fourth-order valence-electron chi connectivity index (χ4n) is 0.500. The summed E-state index contributed by atoms with van der Waals surface area (Å²) in [4.78, 5) is 0. The van der Waals surface area contributed by atoms with Gasteiger partial charge in [-0.25, -0.2) is 0 Å². The number of unbranched alkanes of at least 4 members (excludes halogenated alkanes) is 3. The first-order valence-corrected chi connectivity index (χ1v) is 3.78. The molecule has 0 aliphatic rings. The topological polar surface area (TPSA) is 17.1 Å². The molecule has 0 amide bonds. The summed E-state index contributed by atoms with van der Waals surface area (Å²) in [5, 5.41) is 0. The van der Waals surface area contributed by atoms with Gasteiger partial charge in [-0.2, -0.15) is 0 Å². The van der Waals surface area contributed by atoms with Crippen LogP contribution in [0.4, 0.5) is 0 Å².